The van der Waals surface area contributed by atoms with E-state index in [0.29, 0.717) is 17.9 Å². The lowest BCUT2D eigenvalue weighted by atomic mass is 10.1. The minimum Gasteiger partial charge on any atom is -0.382 e. The molecular formula is C13H21N5O. The first kappa shape index (κ1) is 13.7. The van der Waals surface area contributed by atoms with Gasteiger partial charge < -0.3 is 15.0 Å². The van der Waals surface area contributed by atoms with E-state index in [-0.39, 0.29) is 11.7 Å². The SMILES string of the molecule is CCC(C)(C)O[C@H](C)Cn1cnc2c(N)ncnc21. The molecule has 0 aromatic carbocycles. The third-order valence-corrected chi connectivity index (χ3v) is 3.26. The largest absolute Gasteiger partial charge is 0.382 e. The summed E-state index contributed by atoms with van der Waals surface area (Å²) < 4.78 is 7.96. The molecule has 0 saturated carbocycles. The van der Waals surface area contributed by atoms with Crippen molar-refractivity contribution in [3.05, 3.63) is 12.7 Å². The van der Waals surface area contributed by atoms with Crippen LogP contribution in [-0.4, -0.2) is 31.2 Å². The predicted octanol–water partition coefficient (Wildman–Crippen LogP) is 2.00. The lowest BCUT2D eigenvalue weighted by Gasteiger charge is -2.28. The molecule has 2 rings (SSSR count). The Morgan fingerprint density at radius 1 is 1.37 bits per heavy atom. The summed E-state index contributed by atoms with van der Waals surface area (Å²) in [5.74, 6) is 0.409. The third kappa shape index (κ3) is 3.01. The molecule has 2 N–H and O–H groups in total. The Morgan fingerprint density at radius 2 is 2.11 bits per heavy atom. The molecule has 0 aliphatic heterocycles. The Kier molecular flexibility index (Phi) is 3.71. The van der Waals surface area contributed by atoms with Crippen molar-refractivity contribution in [1.29, 1.82) is 0 Å². The summed E-state index contributed by atoms with van der Waals surface area (Å²) in [6.07, 6.45) is 4.23. The summed E-state index contributed by atoms with van der Waals surface area (Å²) >= 11 is 0. The summed E-state index contributed by atoms with van der Waals surface area (Å²) in [7, 11) is 0. The zero-order valence-electron chi connectivity index (χ0n) is 11.9. The van der Waals surface area contributed by atoms with Crippen molar-refractivity contribution in [3.8, 4) is 0 Å². The number of nitrogens with zero attached hydrogens (tertiary/aromatic N) is 4. The van der Waals surface area contributed by atoms with E-state index in [1.54, 1.807) is 6.33 Å². The van der Waals surface area contributed by atoms with Crippen LogP contribution in [0.25, 0.3) is 11.2 Å². The van der Waals surface area contributed by atoms with Crippen molar-refractivity contribution in [1.82, 2.24) is 19.5 Å². The van der Waals surface area contributed by atoms with Gasteiger partial charge in [0.15, 0.2) is 11.5 Å². The van der Waals surface area contributed by atoms with Crippen molar-refractivity contribution in [2.75, 3.05) is 5.73 Å². The molecule has 0 bridgehead atoms. The van der Waals surface area contributed by atoms with E-state index in [4.69, 9.17) is 10.5 Å². The van der Waals surface area contributed by atoms with Gasteiger partial charge in [0.05, 0.1) is 24.6 Å². The molecule has 0 amide bonds. The van der Waals surface area contributed by atoms with Gasteiger partial charge in [0.25, 0.3) is 0 Å². The fourth-order valence-corrected chi connectivity index (χ4v) is 1.97. The number of fused-ring (bicyclic) bond motifs is 1. The van der Waals surface area contributed by atoms with Crippen molar-refractivity contribution < 1.29 is 4.74 Å². The van der Waals surface area contributed by atoms with Gasteiger partial charge in [0.1, 0.15) is 11.8 Å². The lowest BCUT2D eigenvalue weighted by Crippen LogP contribution is -2.30. The molecule has 104 valence electrons. The molecular weight excluding hydrogens is 242 g/mol. The molecule has 0 aliphatic carbocycles. The van der Waals surface area contributed by atoms with Crippen LogP contribution in [0, 0.1) is 0 Å². The maximum absolute atomic E-state index is 6.02. The van der Waals surface area contributed by atoms with E-state index < -0.39 is 0 Å². The number of anilines is 1. The van der Waals surface area contributed by atoms with Gasteiger partial charge in [-0.15, -0.1) is 0 Å². The van der Waals surface area contributed by atoms with Crippen molar-refractivity contribution in [2.24, 2.45) is 0 Å². The molecule has 0 unspecified atom stereocenters. The number of imidazole rings is 1. The molecule has 6 nitrogen and oxygen atoms in total. The van der Waals surface area contributed by atoms with Crippen LogP contribution in [0.4, 0.5) is 5.82 Å². The van der Waals surface area contributed by atoms with E-state index in [9.17, 15) is 0 Å². The Labute approximate surface area is 113 Å². The fourth-order valence-electron chi connectivity index (χ4n) is 1.97. The van der Waals surface area contributed by atoms with E-state index in [1.807, 2.05) is 11.5 Å². The van der Waals surface area contributed by atoms with Gasteiger partial charge in [-0.25, -0.2) is 15.0 Å². The molecule has 0 saturated heterocycles. The normalized spacial score (nSPS) is 13.9. The minimum atomic E-state index is -0.121. The summed E-state index contributed by atoms with van der Waals surface area (Å²) in [6, 6.07) is 0. The standard InChI is InChI=1S/C13H21N5O/c1-5-13(3,4)19-9(2)6-18-8-17-10-11(14)15-7-16-12(10)18/h7-9H,5-6H2,1-4H3,(H2,14,15,16)/t9-/m1/s1. The maximum Gasteiger partial charge on any atom is 0.165 e. The monoisotopic (exact) mass is 263 g/mol. The van der Waals surface area contributed by atoms with Crippen LogP contribution in [-0.2, 0) is 11.3 Å². The van der Waals surface area contributed by atoms with Gasteiger partial charge in [0.2, 0.25) is 0 Å². The van der Waals surface area contributed by atoms with Crippen LogP contribution in [0.15, 0.2) is 12.7 Å². The molecule has 0 aliphatic rings. The molecule has 1 atom stereocenters. The van der Waals surface area contributed by atoms with Gasteiger partial charge in [-0.05, 0) is 27.2 Å². The first-order valence-electron chi connectivity index (χ1n) is 6.52. The Bertz CT molecular complexity index is 563. The Hall–Kier alpha value is -1.69. The van der Waals surface area contributed by atoms with Crippen molar-refractivity contribution in [2.45, 2.75) is 52.4 Å². The van der Waals surface area contributed by atoms with Crippen LogP contribution >= 0.6 is 0 Å². The van der Waals surface area contributed by atoms with Crippen molar-refractivity contribution >= 4 is 17.0 Å². The smallest absolute Gasteiger partial charge is 0.165 e. The molecule has 0 spiro atoms. The lowest BCUT2D eigenvalue weighted by molar-refractivity contribution is -0.0709. The minimum absolute atomic E-state index is 0.0727. The molecule has 2 heterocycles. The van der Waals surface area contributed by atoms with Crippen molar-refractivity contribution in [3.63, 3.8) is 0 Å². The Morgan fingerprint density at radius 3 is 2.79 bits per heavy atom. The average Bonchev–Trinajstić information content (AvgIpc) is 2.73. The zero-order chi connectivity index (χ0) is 14.0. The van der Waals surface area contributed by atoms with Gasteiger partial charge >= 0.3 is 0 Å². The number of nitrogen functional groups attached to an aromatic ring is 1. The van der Waals surface area contributed by atoms with Crippen LogP contribution in [0.3, 0.4) is 0 Å². The van der Waals surface area contributed by atoms with Gasteiger partial charge in [-0.1, -0.05) is 6.92 Å². The third-order valence-electron chi connectivity index (χ3n) is 3.26. The summed E-state index contributed by atoms with van der Waals surface area (Å²) in [5.41, 5.74) is 7.03. The average molecular weight is 263 g/mol. The second-order valence-corrected chi connectivity index (χ2v) is 5.37. The van der Waals surface area contributed by atoms with E-state index >= 15 is 0 Å². The molecule has 0 fully saturated rings. The second-order valence-electron chi connectivity index (χ2n) is 5.37. The maximum atomic E-state index is 6.02. The highest BCUT2D eigenvalue weighted by molar-refractivity contribution is 5.81. The van der Waals surface area contributed by atoms with Gasteiger partial charge in [-0.3, -0.25) is 0 Å². The number of nitrogens with two attached hydrogens (primary N) is 1. The van der Waals surface area contributed by atoms with E-state index in [1.165, 1.54) is 6.33 Å². The summed E-state index contributed by atoms with van der Waals surface area (Å²) in [5, 5.41) is 0. The number of aromatic nitrogens is 4. The topological polar surface area (TPSA) is 78.9 Å². The number of hydrogen-bond donors (Lipinski definition) is 1. The van der Waals surface area contributed by atoms with E-state index in [0.717, 1.165) is 12.1 Å². The fraction of sp³-hybridized carbons (Fsp3) is 0.615. The molecule has 19 heavy (non-hydrogen) atoms. The highest BCUT2D eigenvalue weighted by Gasteiger charge is 2.20. The first-order chi connectivity index (χ1) is 8.93. The van der Waals surface area contributed by atoms with Gasteiger partial charge in [-0.2, -0.15) is 0 Å². The number of ether oxygens (including phenoxy) is 1. The van der Waals surface area contributed by atoms with Gasteiger partial charge in [0, 0.05) is 0 Å². The van der Waals surface area contributed by atoms with Crippen LogP contribution < -0.4 is 5.73 Å². The molecule has 2 aromatic heterocycles. The highest BCUT2D eigenvalue weighted by Crippen LogP contribution is 2.19. The zero-order valence-corrected chi connectivity index (χ0v) is 11.9. The highest BCUT2D eigenvalue weighted by atomic mass is 16.5. The predicted molar refractivity (Wildman–Crippen MR) is 74.7 cm³/mol. The summed E-state index contributed by atoms with van der Waals surface area (Å²) in [6.45, 7) is 9.04. The quantitative estimate of drug-likeness (QED) is 0.892. The van der Waals surface area contributed by atoms with Crippen LogP contribution in [0.2, 0.25) is 0 Å². The second kappa shape index (κ2) is 5.13. The molecule has 6 heteroatoms. The van der Waals surface area contributed by atoms with E-state index in [2.05, 4.69) is 35.7 Å². The summed E-state index contributed by atoms with van der Waals surface area (Å²) in [4.78, 5) is 12.4. The number of hydrogen-bond acceptors (Lipinski definition) is 5. The molecule has 2 aromatic rings. The Balaban J connectivity index is 2.16. The first-order valence-corrected chi connectivity index (χ1v) is 6.52. The van der Waals surface area contributed by atoms with Crippen LogP contribution in [0.1, 0.15) is 34.1 Å². The molecule has 0 radical (unpaired) electrons. The number of rotatable bonds is 5. The van der Waals surface area contributed by atoms with Crippen LogP contribution in [0.5, 0.6) is 0 Å².